The van der Waals surface area contributed by atoms with Gasteiger partial charge in [0.05, 0.1) is 12.3 Å². The van der Waals surface area contributed by atoms with Crippen LogP contribution < -0.4 is 0 Å². The van der Waals surface area contributed by atoms with Gasteiger partial charge in [0.2, 0.25) is 0 Å². The highest BCUT2D eigenvalue weighted by Gasteiger charge is 2.35. The van der Waals surface area contributed by atoms with Gasteiger partial charge in [0.1, 0.15) is 0 Å². The summed E-state index contributed by atoms with van der Waals surface area (Å²) in [5, 5.41) is 8.70. The third-order valence-corrected chi connectivity index (χ3v) is 2.15. The number of rotatable bonds is 4. The van der Waals surface area contributed by atoms with Crippen molar-refractivity contribution in [3.8, 4) is 0 Å². The fourth-order valence-electron chi connectivity index (χ4n) is 1.42. The van der Waals surface area contributed by atoms with Gasteiger partial charge in [0.15, 0.2) is 0 Å². The average Bonchev–Trinajstić information content (AvgIpc) is 2.16. The number of carboxylic acids is 1. The van der Waals surface area contributed by atoms with Gasteiger partial charge in [-0.2, -0.15) is 13.2 Å². The summed E-state index contributed by atoms with van der Waals surface area (Å²) in [6.07, 6.45) is -5.84. The molecule has 5 heteroatoms. The Hall–Kier alpha value is -1.52. The van der Waals surface area contributed by atoms with E-state index in [-0.39, 0.29) is 6.42 Å². The zero-order valence-electron chi connectivity index (χ0n) is 8.37. The lowest BCUT2D eigenvalue weighted by Crippen LogP contribution is -2.24. The van der Waals surface area contributed by atoms with E-state index in [1.807, 2.05) is 0 Å². The predicted molar refractivity (Wildman–Crippen MR) is 51.9 cm³/mol. The molecule has 0 bridgehead atoms. The molecule has 0 aliphatic carbocycles. The summed E-state index contributed by atoms with van der Waals surface area (Å²) >= 11 is 0. The van der Waals surface area contributed by atoms with Crippen LogP contribution in [-0.2, 0) is 11.2 Å². The first-order valence-corrected chi connectivity index (χ1v) is 4.72. The molecule has 1 aromatic rings. The summed E-state index contributed by atoms with van der Waals surface area (Å²) in [4.78, 5) is 10.7. The molecule has 0 unspecified atom stereocenters. The van der Waals surface area contributed by atoms with Gasteiger partial charge in [-0.25, -0.2) is 0 Å². The van der Waals surface area contributed by atoms with E-state index < -0.39 is 24.5 Å². The Morgan fingerprint density at radius 2 is 1.81 bits per heavy atom. The third-order valence-electron chi connectivity index (χ3n) is 2.15. The largest absolute Gasteiger partial charge is 0.481 e. The van der Waals surface area contributed by atoms with Gasteiger partial charge in [-0.05, 0) is 12.0 Å². The first-order chi connectivity index (χ1) is 7.38. The molecular formula is C11H11F3O2. The van der Waals surface area contributed by atoms with Crippen LogP contribution in [-0.4, -0.2) is 17.3 Å². The van der Waals surface area contributed by atoms with Gasteiger partial charge in [-0.1, -0.05) is 30.3 Å². The lowest BCUT2D eigenvalue weighted by Gasteiger charge is -2.14. The fraction of sp³-hybridized carbons (Fsp3) is 0.364. The molecule has 88 valence electrons. The second-order valence-electron chi connectivity index (χ2n) is 3.54. The van der Waals surface area contributed by atoms with E-state index in [0.29, 0.717) is 5.56 Å². The highest BCUT2D eigenvalue weighted by Crippen LogP contribution is 2.27. The van der Waals surface area contributed by atoms with Gasteiger partial charge in [0, 0.05) is 0 Å². The van der Waals surface area contributed by atoms with Crippen LogP contribution >= 0.6 is 0 Å². The maximum absolute atomic E-state index is 12.1. The lowest BCUT2D eigenvalue weighted by molar-refractivity contribution is -0.163. The molecule has 1 aromatic carbocycles. The molecule has 1 N–H and O–H groups in total. The van der Waals surface area contributed by atoms with E-state index in [9.17, 15) is 18.0 Å². The number of benzene rings is 1. The minimum absolute atomic E-state index is 0.102. The topological polar surface area (TPSA) is 37.3 Å². The summed E-state index contributed by atoms with van der Waals surface area (Å²) in [7, 11) is 0. The van der Waals surface area contributed by atoms with E-state index in [1.54, 1.807) is 30.3 Å². The van der Waals surface area contributed by atoms with Crippen molar-refractivity contribution < 1.29 is 23.1 Å². The lowest BCUT2D eigenvalue weighted by atomic mass is 9.96. The molecule has 0 saturated carbocycles. The molecule has 0 radical (unpaired) electrons. The number of hydrogen-bond acceptors (Lipinski definition) is 1. The van der Waals surface area contributed by atoms with Crippen molar-refractivity contribution >= 4 is 5.97 Å². The average molecular weight is 232 g/mol. The Bertz CT molecular complexity index is 346. The van der Waals surface area contributed by atoms with Gasteiger partial charge >= 0.3 is 12.1 Å². The first-order valence-electron chi connectivity index (χ1n) is 4.72. The second kappa shape index (κ2) is 5.01. The van der Waals surface area contributed by atoms with Gasteiger partial charge < -0.3 is 5.11 Å². The molecule has 0 fully saturated rings. The van der Waals surface area contributed by atoms with E-state index in [2.05, 4.69) is 0 Å². The quantitative estimate of drug-likeness (QED) is 0.866. The summed E-state index contributed by atoms with van der Waals surface area (Å²) in [6.45, 7) is 0. The Labute approximate surface area is 90.7 Å². The Balaban J connectivity index is 2.70. The molecule has 0 heterocycles. The molecule has 1 atom stereocenters. The van der Waals surface area contributed by atoms with Crippen molar-refractivity contribution in [1.29, 1.82) is 0 Å². The molecule has 0 saturated heterocycles. The summed E-state index contributed by atoms with van der Waals surface area (Å²) in [6, 6.07) is 8.30. The van der Waals surface area contributed by atoms with Crippen LogP contribution in [0.1, 0.15) is 12.0 Å². The summed E-state index contributed by atoms with van der Waals surface area (Å²) in [5.41, 5.74) is 0.596. The summed E-state index contributed by atoms with van der Waals surface area (Å²) in [5.74, 6) is -2.83. The number of carbonyl (C=O) groups is 1. The number of hydrogen-bond donors (Lipinski definition) is 1. The Kier molecular flexibility index (Phi) is 3.93. The molecular weight excluding hydrogens is 221 g/mol. The SMILES string of the molecule is O=C(O)[C@@H](Cc1ccccc1)CC(F)(F)F. The number of aliphatic carboxylic acids is 1. The number of alkyl halides is 3. The van der Waals surface area contributed by atoms with Crippen molar-refractivity contribution in [3.05, 3.63) is 35.9 Å². The van der Waals surface area contributed by atoms with Crippen LogP contribution in [0.3, 0.4) is 0 Å². The zero-order valence-corrected chi connectivity index (χ0v) is 8.37. The van der Waals surface area contributed by atoms with Crippen LogP contribution in [0.5, 0.6) is 0 Å². The number of carboxylic acid groups (broad SMARTS) is 1. The number of halogens is 3. The van der Waals surface area contributed by atoms with Crippen molar-refractivity contribution in [2.24, 2.45) is 5.92 Å². The van der Waals surface area contributed by atoms with E-state index >= 15 is 0 Å². The minimum atomic E-state index is -4.45. The molecule has 2 nitrogen and oxygen atoms in total. The van der Waals surface area contributed by atoms with Gasteiger partial charge in [-0.15, -0.1) is 0 Å². The smallest absolute Gasteiger partial charge is 0.389 e. The monoisotopic (exact) mass is 232 g/mol. The van der Waals surface area contributed by atoms with Crippen LogP contribution in [0.2, 0.25) is 0 Å². The van der Waals surface area contributed by atoms with Crippen molar-refractivity contribution in [2.75, 3.05) is 0 Å². The van der Waals surface area contributed by atoms with Crippen LogP contribution in [0, 0.1) is 5.92 Å². The maximum Gasteiger partial charge on any atom is 0.389 e. The molecule has 0 aliphatic rings. The zero-order chi connectivity index (χ0) is 12.2. The van der Waals surface area contributed by atoms with Gasteiger partial charge in [-0.3, -0.25) is 4.79 Å². The molecule has 0 aromatic heterocycles. The van der Waals surface area contributed by atoms with Crippen molar-refractivity contribution in [2.45, 2.75) is 19.0 Å². The van der Waals surface area contributed by atoms with Crippen LogP contribution in [0.15, 0.2) is 30.3 Å². The predicted octanol–water partition coefficient (Wildman–Crippen LogP) is 2.88. The molecule has 0 spiro atoms. The Morgan fingerprint density at radius 1 is 1.25 bits per heavy atom. The third kappa shape index (κ3) is 4.33. The highest BCUT2D eigenvalue weighted by molar-refractivity contribution is 5.70. The van der Waals surface area contributed by atoms with Crippen molar-refractivity contribution in [3.63, 3.8) is 0 Å². The Morgan fingerprint density at radius 3 is 2.25 bits per heavy atom. The van der Waals surface area contributed by atoms with Crippen LogP contribution in [0.25, 0.3) is 0 Å². The first kappa shape index (κ1) is 12.5. The van der Waals surface area contributed by atoms with Crippen LogP contribution in [0.4, 0.5) is 13.2 Å². The van der Waals surface area contributed by atoms with E-state index in [4.69, 9.17) is 5.11 Å². The van der Waals surface area contributed by atoms with E-state index in [1.165, 1.54) is 0 Å². The molecule has 0 aliphatic heterocycles. The maximum atomic E-state index is 12.1. The molecule has 1 rings (SSSR count). The normalized spacial score (nSPS) is 13.4. The van der Waals surface area contributed by atoms with Gasteiger partial charge in [0.25, 0.3) is 0 Å². The fourth-order valence-corrected chi connectivity index (χ4v) is 1.42. The van der Waals surface area contributed by atoms with E-state index in [0.717, 1.165) is 0 Å². The molecule has 0 amide bonds. The summed E-state index contributed by atoms with van der Waals surface area (Å²) < 4.78 is 36.3. The molecule has 16 heavy (non-hydrogen) atoms. The second-order valence-corrected chi connectivity index (χ2v) is 3.54. The van der Waals surface area contributed by atoms with Crippen molar-refractivity contribution in [1.82, 2.24) is 0 Å². The highest BCUT2D eigenvalue weighted by atomic mass is 19.4. The minimum Gasteiger partial charge on any atom is -0.481 e. The standard InChI is InChI=1S/C11H11F3O2/c12-11(13,14)7-9(10(15)16)6-8-4-2-1-3-5-8/h1-5,9H,6-7H2,(H,15,16)/t9-/m0/s1.